The summed E-state index contributed by atoms with van der Waals surface area (Å²) in [5.41, 5.74) is 1.99. The van der Waals surface area contributed by atoms with Gasteiger partial charge in [0.05, 0.1) is 0 Å². The summed E-state index contributed by atoms with van der Waals surface area (Å²) >= 11 is 3.18. The molecule has 0 radical (unpaired) electrons. The van der Waals surface area contributed by atoms with Gasteiger partial charge in [-0.15, -0.1) is 0 Å². The fourth-order valence-corrected chi connectivity index (χ4v) is 2.28. The molecule has 116 valence electrons. The molecule has 0 saturated heterocycles. The summed E-state index contributed by atoms with van der Waals surface area (Å²) < 4.78 is 5.25. The third-order valence-electron chi connectivity index (χ3n) is 3.71. The number of carbonyl (C=O) groups excluding carboxylic acids is 1. The Hall–Kier alpha value is -1.81. The number of carbonyl (C=O) groups is 1. The van der Waals surface area contributed by atoms with Gasteiger partial charge in [0.15, 0.2) is 0 Å². The molecule has 1 atom stereocenters. The van der Waals surface area contributed by atoms with Gasteiger partial charge < -0.3 is 9.84 Å². The van der Waals surface area contributed by atoms with Crippen molar-refractivity contribution >= 4 is 21.9 Å². The minimum Gasteiger partial charge on any atom is -0.508 e. The molecule has 1 N–H and O–H groups in total. The highest BCUT2D eigenvalue weighted by molar-refractivity contribution is 9.10. The van der Waals surface area contributed by atoms with Gasteiger partial charge in [0.25, 0.3) is 0 Å². The number of hydrogen-bond donors (Lipinski definition) is 1. The van der Waals surface area contributed by atoms with Crippen LogP contribution in [0.2, 0.25) is 0 Å². The van der Waals surface area contributed by atoms with E-state index >= 15 is 0 Å². The van der Waals surface area contributed by atoms with Crippen LogP contribution in [0.4, 0.5) is 0 Å². The highest BCUT2D eigenvalue weighted by Crippen LogP contribution is 2.33. The third-order valence-corrected chi connectivity index (χ3v) is 4.08. The fourth-order valence-electron chi connectivity index (χ4n) is 2.18. The van der Waals surface area contributed by atoms with Gasteiger partial charge in [-0.2, -0.15) is 0 Å². The lowest BCUT2D eigenvalue weighted by atomic mass is 9.78. The largest absolute Gasteiger partial charge is 0.508 e. The Labute approximate surface area is 139 Å². The van der Waals surface area contributed by atoms with E-state index < -0.39 is 0 Å². The van der Waals surface area contributed by atoms with Crippen molar-refractivity contribution in [2.45, 2.75) is 31.0 Å². The van der Waals surface area contributed by atoms with Gasteiger partial charge in [0.1, 0.15) is 16.3 Å². The standard InChI is InChI=1S/C18H19BrO3/c1-12(19)17(21)22-16-10-6-14(7-11-16)18(2,3)13-4-8-15(20)9-5-13/h4-12,20H,1-3H3. The lowest BCUT2D eigenvalue weighted by Gasteiger charge is -2.26. The molecule has 0 fully saturated rings. The van der Waals surface area contributed by atoms with Gasteiger partial charge in [0, 0.05) is 5.41 Å². The number of phenolic OH excluding ortho intramolecular Hbond substituents is 1. The fraction of sp³-hybridized carbons (Fsp3) is 0.278. The molecule has 0 aliphatic carbocycles. The van der Waals surface area contributed by atoms with E-state index in [-0.39, 0.29) is 22.0 Å². The lowest BCUT2D eigenvalue weighted by Crippen LogP contribution is -2.19. The second-order valence-corrected chi connectivity index (χ2v) is 7.11. The van der Waals surface area contributed by atoms with Crippen molar-refractivity contribution in [2.75, 3.05) is 0 Å². The second kappa shape index (κ2) is 6.53. The molecule has 3 nitrogen and oxygen atoms in total. The van der Waals surface area contributed by atoms with Crippen molar-refractivity contribution < 1.29 is 14.6 Å². The Morgan fingerprint density at radius 1 is 1.05 bits per heavy atom. The quantitative estimate of drug-likeness (QED) is 0.497. The molecule has 0 heterocycles. The van der Waals surface area contributed by atoms with E-state index in [1.807, 2.05) is 24.3 Å². The van der Waals surface area contributed by atoms with E-state index in [1.54, 1.807) is 31.2 Å². The number of aromatic hydroxyl groups is 1. The first-order valence-electron chi connectivity index (χ1n) is 7.06. The zero-order chi connectivity index (χ0) is 16.3. The van der Waals surface area contributed by atoms with Crippen LogP contribution in [0.5, 0.6) is 11.5 Å². The molecule has 2 aromatic carbocycles. The number of alkyl halides is 1. The maximum absolute atomic E-state index is 11.6. The van der Waals surface area contributed by atoms with Crippen molar-refractivity contribution in [3.63, 3.8) is 0 Å². The van der Waals surface area contributed by atoms with Crippen molar-refractivity contribution in [2.24, 2.45) is 0 Å². The summed E-state index contributed by atoms with van der Waals surface area (Å²) in [6.45, 7) is 5.95. The highest BCUT2D eigenvalue weighted by Gasteiger charge is 2.23. The molecule has 0 aromatic heterocycles. The molecule has 2 rings (SSSR count). The molecular formula is C18H19BrO3. The van der Waals surface area contributed by atoms with Crippen molar-refractivity contribution in [1.82, 2.24) is 0 Å². The average molecular weight is 363 g/mol. The minimum atomic E-state index is -0.333. The molecule has 0 spiro atoms. The van der Waals surface area contributed by atoms with Crippen molar-refractivity contribution in [3.8, 4) is 11.5 Å². The number of phenols is 1. The predicted molar refractivity (Wildman–Crippen MR) is 90.7 cm³/mol. The molecule has 2 aromatic rings. The summed E-state index contributed by atoms with van der Waals surface area (Å²) in [7, 11) is 0. The third kappa shape index (κ3) is 3.69. The van der Waals surface area contributed by atoms with E-state index in [1.165, 1.54) is 0 Å². The first-order valence-corrected chi connectivity index (χ1v) is 7.98. The maximum Gasteiger partial charge on any atom is 0.324 e. The topological polar surface area (TPSA) is 46.5 Å². The van der Waals surface area contributed by atoms with E-state index in [2.05, 4.69) is 29.8 Å². The Kier molecular flexibility index (Phi) is 4.91. The Morgan fingerprint density at radius 2 is 1.50 bits per heavy atom. The zero-order valence-electron chi connectivity index (χ0n) is 12.8. The van der Waals surface area contributed by atoms with Crippen LogP contribution in [0.1, 0.15) is 31.9 Å². The molecular weight excluding hydrogens is 344 g/mol. The summed E-state index contributed by atoms with van der Waals surface area (Å²) in [5.74, 6) is 0.470. The Morgan fingerprint density at radius 3 is 1.95 bits per heavy atom. The van der Waals surface area contributed by atoms with Gasteiger partial charge in [-0.05, 0) is 42.3 Å². The monoisotopic (exact) mass is 362 g/mol. The number of rotatable bonds is 4. The molecule has 0 amide bonds. The van der Waals surface area contributed by atoms with Gasteiger partial charge in [-0.25, -0.2) is 0 Å². The van der Waals surface area contributed by atoms with Crippen LogP contribution >= 0.6 is 15.9 Å². The number of halogens is 1. The van der Waals surface area contributed by atoms with Crippen LogP contribution in [-0.4, -0.2) is 15.9 Å². The van der Waals surface area contributed by atoms with E-state index in [0.717, 1.165) is 11.1 Å². The van der Waals surface area contributed by atoms with Crippen LogP contribution in [0.15, 0.2) is 48.5 Å². The van der Waals surface area contributed by atoms with Crippen molar-refractivity contribution in [1.29, 1.82) is 0 Å². The van der Waals surface area contributed by atoms with Gasteiger partial charge in [0.2, 0.25) is 0 Å². The lowest BCUT2D eigenvalue weighted by molar-refractivity contribution is -0.133. The van der Waals surface area contributed by atoms with Crippen LogP contribution in [0.25, 0.3) is 0 Å². The van der Waals surface area contributed by atoms with Gasteiger partial charge >= 0.3 is 5.97 Å². The number of esters is 1. The molecule has 0 bridgehead atoms. The predicted octanol–water partition coefficient (Wildman–Crippen LogP) is 4.41. The first-order chi connectivity index (χ1) is 10.3. The van der Waals surface area contributed by atoms with E-state index in [9.17, 15) is 9.90 Å². The molecule has 1 unspecified atom stereocenters. The van der Waals surface area contributed by atoms with E-state index in [4.69, 9.17) is 4.74 Å². The Balaban J connectivity index is 2.22. The van der Waals surface area contributed by atoms with E-state index in [0.29, 0.717) is 5.75 Å². The Bertz CT molecular complexity index is 643. The molecule has 4 heteroatoms. The van der Waals surface area contributed by atoms with Gasteiger partial charge in [-0.1, -0.05) is 54.0 Å². The highest BCUT2D eigenvalue weighted by atomic mass is 79.9. The zero-order valence-corrected chi connectivity index (χ0v) is 14.4. The summed E-state index contributed by atoms with van der Waals surface area (Å²) in [6, 6.07) is 14.7. The smallest absolute Gasteiger partial charge is 0.324 e. The van der Waals surface area contributed by atoms with Crippen molar-refractivity contribution in [3.05, 3.63) is 59.7 Å². The van der Waals surface area contributed by atoms with Crippen LogP contribution in [0.3, 0.4) is 0 Å². The van der Waals surface area contributed by atoms with Crippen LogP contribution < -0.4 is 4.74 Å². The van der Waals surface area contributed by atoms with Gasteiger partial charge in [-0.3, -0.25) is 4.79 Å². The molecule has 0 aliphatic heterocycles. The molecule has 0 saturated carbocycles. The average Bonchev–Trinajstić information content (AvgIpc) is 2.48. The summed E-state index contributed by atoms with van der Waals surface area (Å²) in [6.07, 6.45) is 0. The number of benzene rings is 2. The van der Waals surface area contributed by atoms with Crippen LogP contribution in [-0.2, 0) is 10.2 Å². The summed E-state index contributed by atoms with van der Waals surface area (Å²) in [5, 5.41) is 9.41. The molecule has 0 aliphatic rings. The molecule has 22 heavy (non-hydrogen) atoms. The maximum atomic E-state index is 11.6. The second-order valence-electron chi connectivity index (χ2n) is 5.73. The number of ether oxygens (including phenoxy) is 1. The first kappa shape index (κ1) is 16.6. The minimum absolute atomic E-state index is 0.209. The normalized spacial score (nSPS) is 12.7. The van der Waals surface area contributed by atoms with Crippen LogP contribution in [0, 0.1) is 0 Å². The number of hydrogen-bond acceptors (Lipinski definition) is 3. The summed E-state index contributed by atoms with van der Waals surface area (Å²) in [4.78, 5) is 11.2. The SMILES string of the molecule is CC(Br)C(=O)Oc1ccc(C(C)(C)c2ccc(O)cc2)cc1.